The van der Waals surface area contributed by atoms with Gasteiger partial charge in [-0.1, -0.05) is 0 Å². The van der Waals surface area contributed by atoms with Crippen molar-refractivity contribution in [3.8, 4) is 0 Å². The summed E-state index contributed by atoms with van der Waals surface area (Å²) in [5.41, 5.74) is 10.1. The molecule has 9 nitrogen and oxygen atoms in total. The molecule has 0 aliphatic heterocycles. The van der Waals surface area contributed by atoms with Crippen LogP contribution in [0, 0.1) is 0 Å². The van der Waals surface area contributed by atoms with Crippen molar-refractivity contribution < 1.29 is 24.6 Å². The number of primary amides is 1. The number of carbonyl (C=O) groups excluding carboxylic acids is 1. The summed E-state index contributed by atoms with van der Waals surface area (Å²) in [5, 5.41) is 15.8. The molecule has 1 aromatic rings. The molecule has 1 heterocycles. The Morgan fingerprint density at radius 3 is 1.88 bits per heavy atom. The van der Waals surface area contributed by atoms with E-state index >= 15 is 0 Å². The molecule has 0 atom stereocenters. The SMILES string of the molecule is NC(=O)n1cncc1N.O=C(O)CCC(=O)O. The van der Waals surface area contributed by atoms with Crippen LogP contribution in [0.1, 0.15) is 12.8 Å². The summed E-state index contributed by atoms with van der Waals surface area (Å²) in [7, 11) is 0. The monoisotopic (exact) mass is 244 g/mol. The Morgan fingerprint density at radius 2 is 1.71 bits per heavy atom. The van der Waals surface area contributed by atoms with Crippen LogP contribution in [0.4, 0.5) is 10.6 Å². The highest BCUT2D eigenvalue weighted by Crippen LogP contribution is 1.96. The zero-order valence-electron chi connectivity index (χ0n) is 8.74. The molecule has 0 aromatic carbocycles. The molecule has 0 aliphatic rings. The third kappa shape index (κ3) is 6.49. The van der Waals surface area contributed by atoms with Crippen LogP contribution in [-0.2, 0) is 9.59 Å². The summed E-state index contributed by atoms with van der Waals surface area (Å²) in [6.07, 6.45) is 2.02. The number of carboxylic acids is 2. The van der Waals surface area contributed by atoms with Crippen molar-refractivity contribution in [2.45, 2.75) is 12.8 Å². The van der Waals surface area contributed by atoms with Crippen LogP contribution in [0.3, 0.4) is 0 Å². The molecule has 9 heteroatoms. The van der Waals surface area contributed by atoms with Crippen LogP contribution in [0.25, 0.3) is 0 Å². The smallest absolute Gasteiger partial charge is 0.325 e. The first-order valence-corrected chi connectivity index (χ1v) is 4.35. The van der Waals surface area contributed by atoms with Crippen LogP contribution < -0.4 is 11.5 Å². The molecule has 0 unspecified atom stereocenters. The fourth-order valence-corrected chi connectivity index (χ4v) is 0.703. The maximum absolute atomic E-state index is 10.3. The molecule has 0 aliphatic carbocycles. The second-order valence-electron chi connectivity index (χ2n) is 2.81. The van der Waals surface area contributed by atoms with E-state index in [1.165, 1.54) is 12.5 Å². The number of nitrogen functional groups attached to an aromatic ring is 1. The number of nitrogens with zero attached hydrogens (tertiary/aromatic N) is 2. The number of carbonyl (C=O) groups is 3. The predicted molar refractivity (Wildman–Crippen MR) is 56.1 cm³/mol. The van der Waals surface area contributed by atoms with Crippen molar-refractivity contribution in [3.05, 3.63) is 12.5 Å². The number of aliphatic carboxylic acids is 2. The molecule has 0 saturated heterocycles. The van der Waals surface area contributed by atoms with Gasteiger partial charge in [-0.05, 0) is 0 Å². The first-order chi connectivity index (χ1) is 7.84. The third-order valence-corrected chi connectivity index (χ3v) is 1.46. The number of hydrogen-bond acceptors (Lipinski definition) is 5. The van der Waals surface area contributed by atoms with E-state index in [4.69, 9.17) is 21.7 Å². The lowest BCUT2D eigenvalue weighted by atomic mass is 10.3. The minimum Gasteiger partial charge on any atom is -0.481 e. The third-order valence-electron chi connectivity index (χ3n) is 1.46. The summed E-state index contributed by atoms with van der Waals surface area (Å²) in [4.78, 5) is 33.2. The molecular formula is C8H12N4O5. The topological polar surface area (TPSA) is 162 Å². The Bertz CT molecular complexity index is 400. The normalized spacial score (nSPS) is 8.94. The molecule has 0 radical (unpaired) electrons. The molecule has 94 valence electrons. The zero-order valence-corrected chi connectivity index (χ0v) is 8.74. The van der Waals surface area contributed by atoms with Crippen molar-refractivity contribution >= 4 is 23.8 Å². The number of nitrogens with two attached hydrogens (primary N) is 2. The van der Waals surface area contributed by atoms with Gasteiger partial charge in [0, 0.05) is 0 Å². The van der Waals surface area contributed by atoms with E-state index in [1.54, 1.807) is 0 Å². The van der Waals surface area contributed by atoms with Gasteiger partial charge in [0.15, 0.2) is 0 Å². The van der Waals surface area contributed by atoms with Gasteiger partial charge in [-0.3, -0.25) is 9.59 Å². The second kappa shape index (κ2) is 6.82. The Morgan fingerprint density at radius 1 is 1.24 bits per heavy atom. The van der Waals surface area contributed by atoms with Gasteiger partial charge in [0.05, 0.1) is 19.0 Å². The average molecular weight is 244 g/mol. The molecule has 6 N–H and O–H groups in total. The van der Waals surface area contributed by atoms with Gasteiger partial charge < -0.3 is 21.7 Å². The fourth-order valence-electron chi connectivity index (χ4n) is 0.703. The predicted octanol–water partition coefficient (Wildman–Crippen LogP) is -0.672. The zero-order chi connectivity index (χ0) is 13.4. The van der Waals surface area contributed by atoms with Crippen LogP contribution in [-0.4, -0.2) is 37.7 Å². The summed E-state index contributed by atoms with van der Waals surface area (Å²) >= 11 is 0. The molecule has 0 saturated carbocycles. The van der Waals surface area contributed by atoms with E-state index in [0.29, 0.717) is 0 Å². The minimum atomic E-state index is -1.08. The highest BCUT2D eigenvalue weighted by atomic mass is 16.4. The van der Waals surface area contributed by atoms with Gasteiger partial charge in [0.1, 0.15) is 12.1 Å². The number of hydrogen-bond donors (Lipinski definition) is 4. The van der Waals surface area contributed by atoms with Gasteiger partial charge in [0.25, 0.3) is 0 Å². The van der Waals surface area contributed by atoms with Crippen molar-refractivity contribution in [1.29, 1.82) is 0 Å². The molecule has 17 heavy (non-hydrogen) atoms. The lowest BCUT2D eigenvalue weighted by molar-refractivity contribution is -0.143. The number of rotatable bonds is 3. The van der Waals surface area contributed by atoms with E-state index in [-0.39, 0.29) is 18.7 Å². The van der Waals surface area contributed by atoms with Crippen LogP contribution in [0.5, 0.6) is 0 Å². The summed E-state index contributed by atoms with van der Waals surface area (Å²) in [6.45, 7) is 0. The van der Waals surface area contributed by atoms with E-state index in [1.807, 2.05) is 0 Å². The fraction of sp³-hybridized carbons (Fsp3) is 0.250. The summed E-state index contributed by atoms with van der Waals surface area (Å²) in [6, 6.07) is -0.620. The van der Waals surface area contributed by atoms with Crippen molar-refractivity contribution in [2.24, 2.45) is 5.73 Å². The van der Waals surface area contributed by atoms with E-state index in [2.05, 4.69) is 4.98 Å². The average Bonchev–Trinajstić information content (AvgIpc) is 2.62. The van der Waals surface area contributed by atoms with Crippen LogP contribution in [0.15, 0.2) is 12.5 Å². The van der Waals surface area contributed by atoms with Crippen LogP contribution >= 0.6 is 0 Å². The Hall–Kier alpha value is -2.58. The Balaban J connectivity index is 0.000000304. The molecule has 1 rings (SSSR count). The van der Waals surface area contributed by atoms with Crippen molar-refractivity contribution in [1.82, 2.24) is 9.55 Å². The largest absolute Gasteiger partial charge is 0.481 e. The minimum absolute atomic E-state index is 0.252. The molecule has 0 spiro atoms. The second-order valence-corrected chi connectivity index (χ2v) is 2.81. The number of imidazole rings is 1. The Kier molecular flexibility index (Phi) is 5.79. The first-order valence-electron chi connectivity index (χ1n) is 4.35. The van der Waals surface area contributed by atoms with Crippen molar-refractivity contribution in [2.75, 3.05) is 5.73 Å². The standard InChI is InChI=1S/C4H6N4O.C4H6O4/c5-3-1-7-2-8(3)4(6)9;5-3(6)1-2-4(7)8/h1-2H,5H2,(H2,6,9);1-2H2,(H,5,6)(H,7,8). The number of amides is 1. The number of aromatic nitrogens is 2. The first kappa shape index (κ1) is 14.4. The van der Waals surface area contributed by atoms with Gasteiger partial charge in [-0.15, -0.1) is 0 Å². The molecule has 1 amide bonds. The Labute approximate surface area is 95.7 Å². The van der Waals surface area contributed by atoms with Gasteiger partial charge in [0.2, 0.25) is 0 Å². The van der Waals surface area contributed by atoms with E-state index < -0.39 is 18.0 Å². The maximum atomic E-state index is 10.3. The highest BCUT2D eigenvalue weighted by Gasteiger charge is 2.00. The molecule has 0 fully saturated rings. The quantitative estimate of drug-likeness (QED) is 0.547. The number of anilines is 1. The van der Waals surface area contributed by atoms with Gasteiger partial charge in [-0.25, -0.2) is 14.3 Å². The summed E-state index contributed by atoms with van der Waals surface area (Å²) in [5.74, 6) is -1.90. The molecule has 1 aromatic heterocycles. The van der Waals surface area contributed by atoms with Gasteiger partial charge in [-0.2, -0.15) is 0 Å². The van der Waals surface area contributed by atoms with Crippen molar-refractivity contribution in [3.63, 3.8) is 0 Å². The highest BCUT2D eigenvalue weighted by molar-refractivity contribution is 5.77. The summed E-state index contributed by atoms with van der Waals surface area (Å²) < 4.78 is 1.06. The van der Waals surface area contributed by atoms with E-state index in [9.17, 15) is 14.4 Å². The lowest BCUT2D eigenvalue weighted by Crippen LogP contribution is -2.19. The number of carboxylic acid groups (broad SMARTS) is 2. The lowest BCUT2D eigenvalue weighted by Gasteiger charge is -1.93. The maximum Gasteiger partial charge on any atom is 0.325 e. The van der Waals surface area contributed by atoms with Crippen LogP contribution in [0.2, 0.25) is 0 Å². The molecule has 0 bridgehead atoms. The van der Waals surface area contributed by atoms with E-state index in [0.717, 1.165) is 4.57 Å². The molecular weight excluding hydrogens is 232 g/mol. The van der Waals surface area contributed by atoms with Gasteiger partial charge >= 0.3 is 18.0 Å².